The van der Waals surface area contributed by atoms with Crippen molar-refractivity contribution in [1.82, 2.24) is 0 Å². The van der Waals surface area contributed by atoms with Gasteiger partial charge in [0.1, 0.15) is 5.54 Å². The van der Waals surface area contributed by atoms with E-state index < -0.39 is 5.54 Å². The Balaban J connectivity index is 2.81. The van der Waals surface area contributed by atoms with Crippen LogP contribution in [0.2, 0.25) is 5.02 Å². The van der Waals surface area contributed by atoms with Crippen LogP contribution in [0, 0.1) is 0 Å². The van der Waals surface area contributed by atoms with Gasteiger partial charge in [0.25, 0.3) is 0 Å². The Hall–Kier alpha value is -1.22. The maximum Gasteiger partial charge on any atom is 0.331 e. The maximum atomic E-state index is 12.0. The maximum absolute atomic E-state index is 12.0. The molecule has 1 N–H and O–H groups in total. The number of carbonyl (C=O) groups excluding carboxylic acids is 1. The zero-order valence-corrected chi connectivity index (χ0v) is 12.6. The van der Waals surface area contributed by atoms with E-state index in [1.54, 1.807) is 6.07 Å². The highest BCUT2D eigenvalue weighted by molar-refractivity contribution is 6.30. The molecule has 1 rings (SSSR count). The second-order valence-corrected chi connectivity index (χ2v) is 5.35. The molecule has 0 heterocycles. The smallest absolute Gasteiger partial charge is 0.331 e. The minimum atomic E-state index is -0.714. The van der Waals surface area contributed by atoms with Gasteiger partial charge >= 0.3 is 5.97 Å². The SMILES string of the molecule is CCCCCC(C)(Nc1cccc(Cl)c1)C(=O)OC. The number of carbonyl (C=O) groups is 1. The van der Waals surface area contributed by atoms with Crippen LogP contribution in [0.4, 0.5) is 5.69 Å². The van der Waals surface area contributed by atoms with Crippen molar-refractivity contribution in [3.05, 3.63) is 29.3 Å². The molecule has 0 aliphatic rings. The van der Waals surface area contributed by atoms with Crippen LogP contribution in [-0.2, 0) is 9.53 Å². The number of halogens is 1. The van der Waals surface area contributed by atoms with E-state index in [0.717, 1.165) is 31.4 Å². The van der Waals surface area contributed by atoms with Crippen molar-refractivity contribution >= 4 is 23.3 Å². The highest BCUT2D eigenvalue weighted by atomic mass is 35.5. The number of ether oxygens (including phenoxy) is 1. The molecule has 4 heteroatoms. The zero-order chi connectivity index (χ0) is 14.3. The fourth-order valence-corrected chi connectivity index (χ4v) is 2.24. The average molecular weight is 284 g/mol. The summed E-state index contributed by atoms with van der Waals surface area (Å²) >= 11 is 5.96. The van der Waals surface area contributed by atoms with E-state index in [4.69, 9.17) is 16.3 Å². The van der Waals surface area contributed by atoms with Gasteiger partial charge in [-0.1, -0.05) is 43.9 Å². The molecule has 0 bridgehead atoms. The van der Waals surface area contributed by atoms with Gasteiger partial charge in [-0.2, -0.15) is 0 Å². The molecule has 3 nitrogen and oxygen atoms in total. The van der Waals surface area contributed by atoms with Crippen LogP contribution in [-0.4, -0.2) is 18.6 Å². The van der Waals surface area contributed by atoms with Gasteiger partial charge in [-0.3, -0.25) is 0 Å². The van der Waals surface area contributed by atoms with Crippen LogP contribution in [0.3, 0.4) is 0 Å². The van der Waals surface area contributed by atoms with Gasteiger partial charge in [0.2, 0.25) is 0 Å². The van der Waals surface area contributed by atoms with Crippen molar-refractivity contribution in [2.75, 3.05) is 12.4 Å². The standard InChI is InChI=1S/C15H22ClNO2/c1-4-5-6-10-15(2,14(18)19-3)17-13-9-7-8-12(16)11-13/h7-9,11,17H,4-6,10H2,1-3H3. The van der Waals surface area contributed by atoms with Crippen LogP contribution in [0.25, 0.3) is 0 Å². The molecule has 0 saturated heterocycles. The molecule has 1 aromatic carbocycles. The topological polar surface area (TPSA) is 38.3 Å². The molecule has 106 valence electrons. The Morgan fingerprint density at radius 1 is 1.42 bits per heavy atom. The molecule has 0 spiro atoms. The van der Waals surface area contributed by atoms with Gasteiger partial charge in [0.05, 0.1) is 7.11 Å². The predicted molar refractivity (Wildman–Crippen MR) is 79.6 cm³/mol. The first-order valence-electron chi connectivity index (χ1n) is 6.64. The molecular formula is C15H22ClNO2. The Morgan fingerprint density at radius 3 is 2.74 bits per heavy atom. The van der Waals surface area contributed by atoms with Crippen LogP contribution < -0.4 is 5.32 Å². The summed E-state index contributed by atoms with van der Waals surface area (Å²) in [6, 6.07) is 7.36. The molecule has 0 amide bonds. The van der Waals surface area contributed by atoms with E-state index in [0.29, 0.717) is 5.02 Å². The fourth-order valence-electron chi connectivity index (χ4n) is 2.05. The van der Waals surface area contributed by atoms with Crippen molar-refractivity contribution in [2.45, 2.75) is 45.1 Å². The van der Waals surface area contributed by atoms with Crippen LogP contribution >= 0.6 is 11.6 Å². The summed E-state index contributed by atoms with van der Waals surface area (Å²) in [6.07, 6.45) is 3.94. The number of unbranched alkanes of at least 4 members (excludes halogenated alkanes) is 2. The third kappa shape index (κ3) is 4.75. The van der Waals surface area contributed by atoms with Crippen molar-refractivity contribution in [3.8, 4) is 0 Å². The first-order valence-corrected chi connectivity index (χ1v) is 7.02. The monoisotopic (exact) mass is 283 g/mol. The molecule has 19 heavy (non-hydrogen) atoms. The number of hydrogen-bond donors (Lipinski definition) is 1. The van der Waals surface area contributed by atoms with Gasteiger partial charge < -0.3 is 10.1 Å². The van der Waals surface area contributed by atoms with Crippen molar-refractivity contribution < 1.29 is 9.53 Å². The third-order valence-corrected chi connectivity index (χ3v) is 3.40. The largest absolute Gasteiger partial charge is 0.467 e. The van der Waals surface area contributed by atoms with Crippen LogP contribution in [0.5, 0.6) is 0 Å². The molecule has 1 atom stereocenters. The van der Waals surface area contributed by atoms with Gasteiger partial charge in [0, 0.05) is 10.7 Å². The normalized spacial score (nSPS) is 13.7. The van der Waals surface area contributed by atoms with Gasteiger partial charge in [-0.15, -0.1) is 0 Å². The second-order valence-electron chi connectivity index (χ2n) is 4.92. The quantitative estimate of drug-likeness (QED) is 0.600. The van der Waals surface area contributed by atoms with Gasteiger partial charge in [0.15, 0.2) is 0 Å². The summed E-state index contributed by atoms with van der Waals surface area (Å²) in [5, 5.41) is 3.89. The van der Waals surface area contributed by atoms with E-state index >= 15 is 0 Å². The van der Waals surface area contributed by atoms with Gasteiger partial charge in [-0.25, -0.2) is 4.79 Å². The average Bonchev–Trinajstić information content (AvgIpc) is 2.38. The highest BCUT2D eigenvalue weighted by Gasteiger charge is 2.33. The minimum absolute atomic E-state index is 0.247. The molecular weight excluding hydrogens is 262 g/mol. The number of esters is 1. The van der Waals surface area contributed by atoms with E-state index in [1.807, 2.05) is 25.1 Å². The van der Waals surface area contributed by atoms with Gasteiger partial charge in [-0.05, 0) is 31.5 Å². The zero-order valence-electron chi connectivity index (χ0n) is 11.8. The van der Waals surface area contributed by atoms with Crippen molar-refractivity contribution in [1.29, 1.82) is 0 Å². The summed E-state index contributed by atoms with van der Waals surface area (Å²) in [6.45, 7) is 4.01. The highest BCUT2D eigenvalue weighted by Crippen LogP contribution is 2.24. The van der Waals surface area contributed by atoms with Crippen LogP contribution in [0.15, 0.2) is 24.3 Å². The van der Waals surface area contributed by atoms with E-state index in [9.17, 15) is 4.79 Å². The summed E-state index contributed by atoms with van der Waals surface area (Å²) in [4.78, 5) is 12.0. The summed E-state index contributed by atoms with van der Waals surface area (Å²) in [5.41, 5.74) is 0.117. The number of anilines is 1. The molecule has 0 saturated carbocycles. The number of rotatable bonds is 7. The lowest BCUT2D eigenvalue weighted by molar-refractivity contribution is -0.145. The number of benzene rings is 1. The fraction of sp³-hybridized carbons (Fsp3) is 0.533. The lowest BCUT2D eigenvalue weighted by atomic mass is 9.94. The molecule has 0 aromatic heterocycles. The molecule has 0 aliphatic carbocycles. The van der Waals surface area contributed by atoms with E-state index in [2.05, 4.69) is 12.2 Å². The Kier molecular flexibility index (Phi) is 6.16. The number of methoxy groups -OCH3 is 1. The lowest BCUT2D eigenvalue weighted by Gasteiger charge is -2.29. The number of nitrogens with one attached hydrogen (secondary N) is 1. The summed E-state index contributed by atoms with van der Waals surface area (Å²) in [5.74, 6) is -0.247. The predicted octanol–water partition coefficient (Wildman–Crippen LogP) is 4.26. The first-order chi connectivity index (χ1) is 9.01. The Morgan fingerprint density at radius 2 is 2.16 bits per heavy atom. The molecule has 0 fully saturated rings. The molecule has 1 unspecified atom stereocenters. The molecule has 1 aromatic rings. The Labute approximate surface area is 120 Å². The van der Waals surface area contributed by atoms with Crippen LogP contribution in [0.1, 0.15) is 39.5 Å². The van der Waals surface area contributed by atoms with E-state index in [1.165, 1.54) is 7.11 Å². The minimum Gasteiger partial charge on any atom is -0.467 e. The molecule has 0 aliphatic heterocycles. The number of hydrogen-bond acceptors (Lipinski definition) is 3. The lowest BCUT2D eigenvalue weighted by Crippen LogP contribution is -2.44. The van der Waals surface area contributed by atoms with Crippen molar-refractivity contribution in [2.24, 2.45) is 0 Å². The summed E-state index contributed by atoms with van der Waals surface area (Å²) in [7, 11) is 1.42. The second kappa shape index (κ2) is 7.39. The first kappa shape index (κ1) is 15.8. The Bertz CT molecular complexity index is 422. The van der Waals surface area contributed by atoms with E-state index in [-0.39, 0.29) is 5.97 Å². The van der Waals surface area contributed by atoms with Crippen molar-refractivity contribution in [3.63, 3.8) is 0 Å². The summed E-state index contributed by atoms with van der Waals surface area (Å²) < 4.78 is 4.91. The molecule has 0 radical (unpaired) electrons. The third-order valence-electron chi connectivity index (χ3n) is 3.16.